The summed E-state index contributed by atoms with van der Waals surface area (Å²) in [6.07, 6.45) is 8.76. The average Bonchev–Trinajstić information content (AvgIpc) is 2.83. The van der Waals surface area contributed by atoms with Gasteiger partial charge in [0, 0.05) is 17.0 Å². The molecule has 0 unspecified atom stereocenters. The molecule has 0 spiro atoms. The number of benzene rings is 1. The molecule has 0 N–H and O–H groups in total. The van der Waals surface area contributed by atoms with E-state index in [4.69, 9.17) is 0 Å². The topological polar surface area (TPSA) is 3.24 Å². The Balaban J connectivity index is 1.98. The summed E-state index contributed by atoms with van der Waals surface area (Å²) in [4.78, 5) is 2.30. The van der Waals surface area contributed by atoms with Gasteiger partial charge in [0.25, 0.3) is 0 Å². The smallest absolute Gasteiger partial charge is 0.0432 e. The van der Waals surface area contributed by atoms with Crippen LogP contribution in [-0.4, -0.2) is 30.0 Å². The van der Waals surface area contributed by atoms with Gasteiger partial charge in [-0.15, -0.1) is 11.8 Å². The zero-order valence-electron chi connectivity index (χ0n) is 10.4. The summed E-state index contributed by atoms with van der Waals surface area (Å²) in [6.45, 7) is 0. The molecular weight excluding hydrogens is 226 g/mol. The third kappa shape index (κ3) is 3.48. The van der Waals surface area contributed by atoms with Crippen LogP contribution < -0.4 is 0 Å². The van der Waals surface area contributed by atoms with Gasteiger partial charge >= 0.3 is 0 Å². The summed E-state index contributed by atoms with van der Waals surface area (Å²) in [6, 6.07) is 11.2. The first kappa shape index (κ1) is 12.5. The molecule has 0 fully saturated rings. The molecule has 0 saturated carbocycles. The molecule has 0 saturated heterocycles. The minimum atomic E-state index is 0.489. The van der Waals surface area contributed by atoms with Crippen molar-refractivity contribution in [3.63, 3.8) is 0 Å². The van der Waals surface area contributed by atoms with Crippen molar-refractivity contribution in [3.05, 3.63) is 60.2 Å². The lowest BCUT2D eigenvalue weighted by Crippen LogP contribution is -2.22. The maximum absolute atomic E-state index is 2.30. The molecule has 0 amide bonds. The van der Waals surface area contributed by atoms with Crippen LogP contribution in [0.5, 0.6) is 0 Å². The first-order chi connectivity index (χ1) is 8.27. The highest BCUT2D eigenvalue weighted by Crippen LogP contribution is 2.27. The van der Waals surface area contributed by atoms with Crippen molar-refractivity contribution in [1.82, 2.24) is 4.90 Å². The maximum atomic E-state index is 2.30. The number of nitrogens with zero attached hydrogens (tertiary/aromatic N) is 1. The van der Waals surface area contributed by atoms with Gasteiger partial charge in [-0.25, -0.2) is 0 Å². The molecule has 0 heterocycles. The Hall–Kier alpha value is -0.990. The van der Waals surface area contributed by atoms with Crippen molar-refractivity contribution >= 4 is 11.8 Å². The van der Waals surface area contributed by atoms with Crippen LogP contribution in [0.4, 0.5) is 0 Å². The zero-order chi connectivity index (χ0) is 12.1. The summed E-state index contributed by atoms with van der Waals surface area (Å²) < 4.78 is 0. The molecule has 1 aliphatic carbocycles. The van der Waals surface area contributed by atoms with Crippen molar-refractivity contribution in [2.24, 2.45) is 0 Å². The lowest BCUT2D eigenvalue weighted by atomic mass is 10.1. The van der Waals surface area contributed by atoms with E-state index < -0.39 is 0 Å². The van der Waals surface area contributed by atoms with E-state index in [1.807, 2.05) is 11.8 Å². The molecule has 0 aromatic heterocycles. The van der Waals surface area contributed by atoms with E-state index in [1.165, 1.54) is 5.56 Å². The molecule has 1 aromatic rings. The molecule has 1 atom stereocenters. The highest BCUT2D eigenvalue weighted by molar-refractivity contribution is 8.00. The van der Waals surface area contributed by atoms with Gasteiger partial charge < -0.3 is 4.90 Å². The van der Waals surface area contributed by atoms with E-state index in [1.54, 1.807) is 0 Å². The fraction of sp³-hybridized carbons (Fsp3) is 0.333. The first-order valence-electron chi connectivity index (χ1n) is 5.95. The van der Waals surface area contributed by atoms with Crippen LogP contribution in [0.1, 0.15) is 11.6 Å². The summed E-state index contributed by atoms with van der Waals surface area (Å²) in [5, 5.41) is 0.557. The summed E-state index contributed by atoms with van der Waals surface area (Å²) in [7, 11) is 4.30. The maximum Gasteiger partial charge on any atom is 0.0432 e. The second kappa shape index (κ2) is 6.08. The summed E-state index contributed by atoms with van der Waals surface area (Å²) in [5.74, 6) is 1.12. The van der Waals surface area contributed by atoms with Crippen LogP contribution in [0, 0.1) is 0 Å². The molecule has 1 nitrogen and oxygen atoms in total. The largest absolute Gasteiger partial charge is 0.302 e. The Morgan fingerprint density at radius 3 is 2.35 bits per heavy atom. The fourth-order valence-corrected chi connectivity index (χ4v) is 3.24. The third-order valence-corrected chi connectivity index (χ3v) is 4.17. The Morgan fingerprint density at radius 2 is 1.76 bits per heavy atom. The molecular formula is C15H19NS. The number of rotatable bonds is 5. The Labute approximate surface area is 108 Å². The Bertz CT molecular complexity index is 383. The van der Waals surface area contributed by atoms with E-state index in [-0.39, 0.29) is 0 Å². The van der Waals surface area contributed by atoms with Gasteiger partial charge in [0.2, 0.25) is 0 Å². The van der Waals surface area contributed by atoms with E-state index in [0.29, 0.717) is 11.3 Å². The van der Waals surface area contributed by atoms with Crippen molar-refractivity contribution < 1.29 is 0 Å². The van der Waals surface area contributed by atoms with Crippen molar-refractivity contribution in [1.29, 1.82) is 0 Å². The van der Waals surface area contributed by atoms with E-state index >= 15 is 0 Å². The Morgan fingerprint density at radius 1 is 1.12 bits per heavy atom. The highest BCUT2D eigenvalue weighted by atomic mass is 32.2. The van der Waals surface area contributed by atoms with Gasteiger partial charge in [-0.3, -0.25) is 0 Å². The summed E-state index contributed by atoms with van der Waals surface area (Å²) >= 11 is 2.00. The molecule has 2 heteroatoms. The minimum absolute atomic E-state index is 0.489. The van der Waals surface area contributed by atoms with Crippen molar-refractivity contribution in [3.8, 4) is 0 Å². The minimum Gasteiger partial charge on any atom is -0.302 e. The van der Waals surface area contributed by atoms with Gasteiger partial charge in [-0.05, 0) is 19.7 Å². The monoisotopic (exact) mass is 245 g/mol. The SMILES string of the molecule is CN(C)[C@H](CSC1C=CC=C1)c1ccccc1. The molecule has 17 heavy (non-hydrogen) atoms. The lowest BCUT2D eigenvalue weighted by Gasteiger charge is -2.25. The van der Waals surface area contributed by atoms with Gasteiger partial charge in [0.15, 0.2) is 0 Å². The number of thioether (sulfide) groups is 1. The second-order valence-corrected chi connectivity index (χ2v) is 5.67. The zero-order valence-corrected chi connectivity index (χ0v) is 11.2. The predicted molar refractivity (Wildman–Crippen MR) is 77.4 cm³/mol. The standard InChI is InChI=1S/C15H19NS/c1-16(2)15(13-8-4-3-5-9-13)12-17-14-10-6-7-11-14/h3-11,14-15H,12H2,1-2H3/t15-/m1/s1. The number of allylic oxidation sites excluding steroid dienone is 2. The average molecular weight is 245 g/mol. The van der Waals surface area contributed by atoms with Crippen LogP contribution in [0.3, 0.4) is 0 Å². The normalized spacial score (nSPS) is 16.9. The van der Waals surface area contributed by atoms with Gasteiger partial charge in [-0.2, -0.15) is 0 Å². The molecule has 2 rings (SSSR count). The van der Waals surface area contributed by atoms with Crippen LogP contribution >= 0.6 is 11.8 Å². The van der Waals surface area contributed by atoms with Crippen LogP contribution in [0.2, 0.25) is 0 Å². The molecule has 1 aliphatic rings. The number of hydrogen-bond donors (Lipinski definition) is 0. The first-order valence-corrected chi connectivity index (χ1v) is 7.00. The lowest BCUT2D eigenvalue weighted by molar-refractivity contribution is 0.326. The summed E-state index contributed by atoms with van der Waals surface area (Å²) in [5.41, 5.74) is 1.40. The highest BCUT2D eigenvalue weighted by Gasteiger charge is 2.15. The molecule has 1 aromatic carbocycles. The van der Waals surface area contributed by atoms with Gasteiger partial charge in [-0.1, -0.05) is 54.6 Å². The molecule has 0 aliphatic heterocycles. The van der Waals surface area contributed by atoms with Crippen LogP contribution in [0.25, 0.3) is 0 Å². The van der Waals surface area contributed by atoms with E-state index in [9.17, 15) is 0 Å². The van der Waals surface area contributed by atoms with E-state index in [0.717, 1.165) is 5.75 Å². The van der Waals surface area contributed by atoms with Crippen LogP contribution in [-0.2, 0) is 0 Å². The van der Waals surface area contributed by atoms with Crippen molar-refractivity contribution in [2.75, 3.05) is 19.8 Å². The van der Waals surface area contributed by atoms with Crippen LogP contribution in [0.15, 0.2) is 54.6 Å². The van der Waals surface area contributed by atoms with E-state index in [2.05, 4.69) is 73.6 Å². The molecule has 0 radical (unpaired) electrons. The predicted octanol–water partition coefficient (Wildman–Crippen LogP) is 3.52. The van der Waals surface area contributed by atoms with Gasteiger partial charge in [0.05, 0.1) is 0 Å². The third-order valence-electron chi connectivity index (χ3n) is 2.97. The van der Waals surface area contributed by atoms with Gasteiger partial charge in [0.1, 0.15) is 0 Å². The second-order valence-electron chi connectivity index (χ2n) is 4.46. The number of hydrogen-bond acceptors (Lipinski definition) is 2. The molecule has 90 valence electrons. The quantitative estimate of drug-likeness (QED) is 0.781. The fourth-order valence-electron chi connectivity index (χ4n) is 1.94. The van der Waals surface area contributed by atoms with Crippen molar-refractivity contribution in [2.45, 2.75) is 11.3 Å². The Kier molecular flexibility index (Phi) is 4.46. The molecule has 0 bridgehead atoms.